The first-order valence-corrected chi connectivity index (χ1v) is 6.85. The number of rotatable bonds is 5. The number of carbonyl (C=O) groups is 1. The Hall–Kier alpha value is -1.59. The van der Waals surface area contributed by atoms with Crippen LogP contribution in [-0.4, -0.2) is 19.1 Å². The zero-order chi connectivity index (χ0) is 14.0. The van der Waals surface area contributed by atoms with Crippen molar-refractivity contribution >= 4 is 27.3 Å². The first-order chi connectivity index (χ1) is 9.02. The maximum absolute atomic E-state index is 11.5. The van der Waals surface area contributed by atoms with E-state index in [1.54, 1.807) is 7.11 Å². The van der Waals surface area contributed by atoms with E-state index in [9.17, 15) is 4.79 Å². The van der Waals surface area contributed by atoms with Crippen molar-refractivity contribution < 1.29 is 14.3 Å². The molecule has 0 saturated heterocycles. The standard InChI is InChI=1S/C14H17NO3S/c1-8(2)18-12-10-6-9(7-17-3)4-5-11(10)19-13(12)14(15)16/h4-6,8H,7H2,1-3H3,(H2,15,16). The van der Waals surface area contributed by atoms with E-state index in [1.807, 2.05) is 32.0 Å². The molecule has 5 heteroatoms. The molecule has 0 aliphatic heterocycles. The van der Waals surface area contributed by atoms with Gasteiger partial charge in [-0.25, -0.2) is 0 Å². The molecule has 1 heterocycles. The Morgan fingerprint density at radius 3 is 2.74 bits per heavy atom. The van der Waals surface area contributed by atoms with Crippen LogP contribution in [0.5, 0.6) is 5.75 Å². The quantitative estimate of drug-likeness (QED) is 0.915. The predicted octanol–water partition coefficient (Wildman–Crippen LogP) is 2.93. The van der Waals surface area contributed by atoms with E-state index in [0.29, 0.717) is 17.2 Å². The predicted molar refractivity (Wildman–Crippen MR) is 76.8 cm³/mol. The molecule has 0 aliphatic rings. The highest BCUT2D eigenvalue weighted by Crippen LogP contribution is 2.38. The third kappa shape index (κ3) is 2.88. The average molecular weight is 279 g/mol. The molecular formula is C14H17NO3S. The molecule has 0 fully saturated rings. The average Bonchev–Trinajstić information content (AvgIpc) is 2.68. The molecule has 19 heavy (non-hydrogen) atoms. The summed E-state index contributed by atoms with van der Waals surface area (Å²) in [4.78, 5) is 12.0. The van der Waals surface area contributed by atoms with Gasteiger partial charge in [0.25, 0.3) is 5.91 Å². The van der Waals surface area contributed by atoms with Gasteiger partial charge in [-0.15, -0.1) is 11.3 Å². The number of thiophene rings is 1. The van der Waals surface area contributed by atoms with Crippen molar-refractivity contribution in [3.8, 4) is 5.75 Å². The van der Waals surface area contributed by atoms with E-state index >= 15 is 0 Å². The van der Waals surface area contributed by atoms with Crippen LogP contribution in [0.25, 0.3) is 10.1 Å². The van der Waals surface area contributed by atoms with Crippen LogP contribution < -0.4 is 10.5 Å². The Balaban J connectivity index is 2.59. The molecule has 1 aromatic heterocycles. The van der Waals surface area contributed by atoms with Crippen LogP contribution >= 0.6 is 11.3 Å². The Morgan fingerprint density at radius 2 is 2.16 bits per heavy atom. The van der Waals surface area contributed by atoms with Crippen LogP contribution in [0.15, 0.2) is 18.2 Å². The molecule has 0 aliphatic carbocycles. The van der Waals surface area contributed by atoms with Crippen molar-refractivity contribution in [2.24, 2.45) is 5.73 Å². The number of methoxy groups -OCH3 is 1. The Labute approximate surface area is 116 Å². The van der Waals surface area contributed by atoms with Crippen LogP contribution in [-0.2, 0) is 11.3 Å². The van der Waals surface area contributed by atoms with Gasteiger partial charge >= 0.3 is 0 Å². The van der Waals surface area contributed by atoms with Crippen molar-refractivity contribution in [2.75, 3.05) is 7.11 Å². The van der Waals surface area contributed by atoms with Crippen LogP contribution in [0.4, 0.5) is 0 Å². The van der Waals surface area contributed by atoms with Gasteiger partial charge in [0.15, 0.2) is 5.75 Å². The highest BCUT2D eigenvalue weighted by atomic mass is 32.1. The number of nitrogens with two attached hydrogens (primary N) is 1. The molecule has 1 aromatic carbocycles. The second-order valence-electron chi connectivity index (χ2n) is 4.55. The summed E-state index contributed by atoms with van der Waals surface area (Å²) in [5.74, 6) is 0.130. The topological polar surface area (TPSA) is 61.5 Å². The second kappa shape index (κ2) is 5.59. The third-order valence-corrected chi connectivity index (χ3v) is 3.76. The second-order valence-corrected chi connectivity index (χ2v) is 5.61. The van der Waals surface area contributed by atoms with Crippen molar-refractivity contribution in [1.82, 2.24) is 0 Å². The normalized spacial score (nSPS) is 11.2. The molecule has 2 aromatic rings. The molecule has 0 unspecified atom stereocenters. The Bertz CT molecular complexity index is 604. The summed E-state index contributed by atoms with van der Waals surface area (Å²) in [5, 5.41) is 0.919. The van der Waals surface area contributed by atoms with Crippen molar-refractivity contribution in [2.45, 2.75) is 26.6 Å². The maximum Gasteiger partial charge on any atom is 0.262 e. The van der Waals surface area contributed by atoms with Gasteiger partial charge in [-0.2, -0.15) is 0 Å². The van der Waals surface area contributed by atoms with Gasteiger partial charge in [0.05, 0.1) is 12.7 Å². The molecule has 1 amide bonds. The fourth-order valence-corrected chi connectivity index (χ4v) is 2.86. The maximum atomic E-state index is 11.5. The van der Waals surface area contributed by atoms with Crippen molar-refractivity contribution in [3.63, 3.8) is 0 Å². The lowest BCUT2D eigenvalue weighted by Crippen LogP contribution is -2.13. The monoisotopic (exact) mass is 279 g/mol. The number of hydrogen-bond acceptors (Lipinski definition) is 4. The molecule has 4 nitrogen and oxygen atoms in total. The highest BCUT2D eigenvalue weighted by molar-refractivity contribution is 7.21. The number of amides is 1. The fourth-order valence-electron chi connectivity index (χ4n) is 1.89. The van der Waals surface area contributed by atoms with Gasteiger partial charge in [0, 0.05) is 17.2 Å². The zero-order valence-corrected chi connectivity index (χ0v) is 12.0. The summed E-state index contributed by atoms with van der Waals surface area (Å²) in [6.45, 7) is 4.37. The van der Waals surface area contributed by atoms with E-state index in [1.165, 1.54) is 11.3 Å². The SMILES string of the molecule is COCc1ccc2sc(C(N)=O)c(OC(C)C)c2c1. The van der Waals surface area contributed by atoms with Crippen molar-refractivity contribution in [1.29, 1.82) is 0 Å². The molecule has 0 atom stereocenters. The van der Waals surface area contributed by atoms with Crippen LogP contribution in [0, 0.1) is 0 Å². The number of primary amides is 1. The lowest BCUT2D eigenvalue weighted by Gasteiger charge is -2.10. The van der Waals surface area contributed by atoms with Gasteiger partial charge in [0.2, 0.25) is 0 Å². The number of carbonyl (C=O) groups excluding carboxylic acids is 1. The van der Waals surface area contributed by atoms with E-state index in [-0.39, 0.29) is 6.10 Å². The van der Waals surface area contributed by atoms with Crippen LogP contribution in [0.3, 0.4) is 0 Å². The van der Waals surface area contributed by atoms with Gasteiger partial charge in [-0.1, -0.05) is 6.07 Å². The largest absolute Gasteiger partial charge is 0.489 e. The van der Waals surface area contributed by atoms with Gasteiger partial charge in [-0.3, -0.25) is 4.79 Å². The minimum absolute atomic E-state index is 0.0121. The minimum Gasteiger partial charge on any atom is -0.489 e. The first-order valence-electron chi connectivity index (χ1n) is 6.03. The summed E-state index contributed by atoms with van der Waals surface area (Å²) in [6.07, 6.45) is -0.0121. The van der Waals surface area contributed by atoms with Gasteiger partial charge < -0.3 is 15.2 Å². The van der Waals surface area contributed by atoms with Gasteiger partial charge in [-0.05, 0) is 31.5 Å². The number of benzene rings is 1. The number of ether oxygens (including phenoxy) is 2. The molecule has 0 saturated carbocycles. The zero-order valence-electron chi connectivity index (χ0n) is 11.2. The molecule has 0 radical (unpaired) electrons. The Kier molecular flexibility index (Phi) is 4.07. The smallest absolute Gasteiger partial charge is 0.262 e. The number of hydrogen-bond donors (Lipinski definition) is 1. The van der Waals surface area contributed by atoms with E-state index in [4.69, 9.17) is 15.2 Å². The molecular weight excluding hydrogens is 262 g/mol. The lowest BCUT2D eigenvalue weighted by molar-refractivity contribution is 0.0999. The van der Waals surface area contributed by atoms with E-state index in [2.05, 4.69) is 0 Å². The third-order valence-electron chi connectivity index (χ3n) is 2.60. The molecule has 2 rings (SSSR count). The summed E-state index contributed by atoms with van der Waals surface area (Å²) in [7, 11) is 1.65. The lowest BCUT2D eigenvalue weighted by atomic mass is 10.1. The highest BCUT2D eigenvalue weighted by Gasteiger charge is 2.19. The number of fused-ring (bicyclic) bond motifs is 1. The minimum atomic E-state index is -0.454. The summed E-state index contributed by atoms with van der Waals surface area (Å²) in [5.41, 5.74) is 6.46. The van der Waals surface area contributed by atoms with Crippen LogP contribution in [0.2, 0.25) is 0 Å². The van der Waals surface area contributed by atoms with Crippen molar-refractivity contribution in [3.05, 3.63) is 28.6 Å². The van der Waals surface area contributed by atoms with E-state index in [0.717, 1.165) is 15.6 Å². The fraction of sp³-hybridized carbons (Fsp3) is 0.357. The summed E-state index contributed by atoms with van der Waals surface area (Å²) < 4.78 is 11.9. The molecule has 0 spiro atoms. The van der Waals surface area contributed by atoms with Crippen LogP contribution in [0.1, 0.15) is 29.1 Å². The van der Waals surface area contributed by atoms with Gasteiger partial charge in [0.1, 0.15) is 4.88 Å². The summed E-state index contributed by atoms with van der Waals surface area (Å²) >= 11 is 1.36. The summed E-state index contributed by atoms with van der Waals surface area (Å²) in [6, 6.07) is 5.93. The molecule has 102 valence electrons. The molecule has 2 N–H and O–H groups in total. The Morgan fingerprint density at radius 1 is 1.42 bits per heavy atom. The molecule has 0 bridgehead atoms. The first kappa shape index (κ1) is 13.8. The van der Waals surface area contributed by atoms with E-state index < -0.39 is 5.91 Å².